The van der Waals surface area contributed by atoms with Crippen LogP contribution in [-0.4, -0.2) is 31.8 Å². The zero-order chi connectivity index (χ0) is 14.0. The molecule has 2 aromatic heterocycles. The average Bonchev–Trinajstić information content (AvgIpc) is 2.95. The van der Waals surface area contributed by atoms with E-state index in [1.807, 2.05) is 29.5 Å². The molecule has 19 heavy (non-hydrogen) atoms. The van der Waals surface area contributed by atoms with Crippen molar-refractivity contribution in [2.75, 3.05) is 5.32 Å². The van der Waals surface area contributed by atoms with Crippen LogP contribution < -0.4 is 11.1 Å². The van der Waals surface area contributed by atoms with Gasteiger partial charge in [0.2, 0.25) is 0 Å². The van der Waals surface area contributed by atoms with Gasteiger partial charge in [0.25, 0.3) is 11.8 Å². The number of halogens is 1. The Labute approximate surface area is 121 Å². The molecule has 0 saturated heterocycles. The Kier molecular flexibility index (Phi) is 3.83. The lowest BCUT2D eigenvalue weighted by Crippen LogP contribution is -2.18. The lowest BCUT2D eigenvalue weighted by Gasteiger charge is -2.01. The third-order valence-corrected chi connectivity index (χ3v) is 3.21. The molecule has 0 fully saturated rings. The molecular formula is C10H11IN6O2. The fraction of sp³-hybridized carbons (Fsp3) is 0.200. The normalized spacial score (nSPS) is 10.4. The number of carbonyl (C=O) groups excluding carboxylic acids is 2. The number of hydrogen-bond acceptors (Lipinski definition) is 4. The van der Waals surface area contributed by atoms with Crippen molar-refractivity contribution >= 4 is 40.1 Å². The summed E-state index contributed by atoms with van der Waals surface area (Å²) >= 11 is 1.98. The van der Waals surface area contributed by atoms with Gasteiger partial charge in [0.1, 0.15) is 5.69 Å². The molecule has 4 N–H and O–H groups in total. The summed E-state index contributed by atoms with van der Waals surface area (Å²) in [6.45, 7) is 2.43. The monoisotopic (exact) mass is 374 g/mol. The molecule has 0 saturated carbocycles. The predicted octanol–water partition coefficient (Wildman–Crippen LogP) is 0.582. The molecule has 100 valence electrons. The predicted molar refractivity (Wildman–Crippen MR) is 75.7 cm³/mol. The number of aromatic nitrogens is 4. The molecule has 2 amide bonds. The third-order valence-electron chi connectivity index (χ3n) is 2.39. The smallest absolute Gasteiger partial charge is 0.274 e. The number of hydrogen-bond donors (Lipinski definition) is 3. The summed E-state index contributed by atoms with van der Waals surface area (Å²) in [4.78, 5) is 23.3. The Balaban J connectivity index is 2.28. The van der Waals surface area contributed by atoms with Gasteiger partial charge in [0.05, 0.1) is 15.5 Å². The summed E-state index contributed by atoms with van der Waals surface area (Å²) in [5, 5.41) is 12.9. The first-order valence-electron chi connectivity index (χ1n) is 5.40. The zero-order valence-corrected chi connectivity index (χ0v) is 12.1. The van der Waals surface area contributed by atoms with Gasteiger partial charge >= 0.3 is 0 Å². The van der Waals surface area contributed by atoms with Gasteiger partial charge in [-0.3, -0.25) is 19.4 Å². The SMILES string of the molecule is CCn1cc(NC(=O)c2[nH]ncc2I)c(C(N)=O)n1. The van der Waals surface area contributed by atoms with Crippen molar-refractivity contribution in [3.63, 3.8) is 0 Å². The highest BCUT2D eigenvalue weighted by Gasteiger charge is 2.18. The van der Waals surface area contributed by atoms with E-state index in [-0.39, 0.29) is 11.4 Å². The van der Waals surface area contributed by atoms with Crippen LogP contribution in [0.2, 0.25) is 0 Å². The molecular weight excluding hydrogens is 363 g/mol. The Morgan fingerprint density at radius 1 is 1.58 bits per heavy atom. The van der Waals surface area contributed by atoms with Crippen LogP contribution in [0.25, 0.3) is 0 Å². The number of nitrogens with zero attached hydrogens (tertiary/aromatic N) is 3. The number of aromatic amines is 1. The largest absolute Gasteiger partial charge is 0.364 e. The molecule has 2 rings (SSSR count). The summed E-state index contributed by atoms with van der Waals surface area (Å²) in [6, 6.07) is 0. The van der Waals surface area contributed by atoms with E-state index in [0.717, 1.165) is 0 Å². The lowest BCUT2D eigenvalue weighted by molar-refractivity contribution is 0.0995. The first-order chi connectivity index (χ1) is 9.02. The topological polar surface area (TPSA) is 119 Å². The Hall–Kier alpha value is -1.91. The van der Waals surface area contributed by atoms with Crippen molar-refractivity contribution in [3.05, 3.63) is 27.4 Å². The number of H-pyrrole nitrogens is 1. The van der Waals surface area contributed by atoms with Crippen LogP contribution in [0.5, 0.6) is 0 Å². The van der Waals surface area contributed by atoms with E-state index in [0.29, 0.717) is 15.8 Å². The van der Waals surface area contributed by atoms with Gasteiger partial charge in [0.15, 0.2) is 5.69 Å². The number of anilines is 1. The van der Waals surface area contributed by atoms with Gasteiger partial charge in [-0.05, 0) is 29.5 Å². The van der Waals surface area contributed by atoms with E-state index in [9.17, 15) is 9.59 Å². The minimum absolute atomic E-state index is 0.0322. The molecule has 2 heterocycles. The van der Waals surface area contributed by atoms with E-state index in [1.54, 1.807) is 6.20 Å². The van der Waals surface area contributed by atoms with Crippen LogP contribution in [0.1, 0.15) is 27.9 Å². The van der Waals surface area contributed by atoms with Crippen molar-refractivity contribution in [2.24, 2.45) is 5.73 Å². The van der Waals surface area contributed by atoms with Gasteiger partial charge in [-0.2, -0.15) is 10.2 Å². The second kappa shape index (κ2) is 5.38. The second-order valence-electron chi connectivity index (χ2n) is 3.66. The van der Waals surface area contributed by atoms with Gasteiger partial charge < -0.3 is 11.1 Å². The van der Waals surface area contributed by atoms with Crippen molar-refractivity contribution in [1.82, 2.24) is 20.0 Å². The third kappa shape index (κ3) is 2.75. The quantitative estimate of drug-likeness (QED) is 0.679. The van der Waals surface area contributed by atoms with Crippen molar-refractivity contribution in [1.29, 1.82) is 0 Å². The van der Waals surface area contributed by atoms with E-state index in [4.69, 9.17) is 5.73 Å². The van der Waals surface area contributed by atoms with Gasteiger partial charge in [-0.1, -0.05) is 0 Å². The average molecular weight is 374 g/mol. The molecule has 0 bridgehead atoms. The van der Waals surface area contributed by atoms with Gasteiger partial charge in [-0.15, -0.1) is 0 Å². The Bertz CT molecular complexity index is 632. The minimum atomic E-state index is -0.693. The first-order valence-corrected chi connectivity index (χ1v) is 6.48. The molecule has 0 spiro atoms. The van der Waals surface area contributed by atoms with Crippen LogP contribution in [-0.2, 0) is 6.54 Å². The molecule has 2 aromatic rings. The van der Waals surface area contributed by atoms with Crippen LogP contribution >= 0.6 is 22.6 Å². The van der Waals surface area contributed by atoms with E-state index >= 15 is 0 Å². The fourth-order valence-corrected chi connectivity index (χ4v) is 1.98. The standard InChI is InChI=1S/C10H11IN6O2/c1-2-17-4-6(8(16-17)9(12)18)14-10(19)7-5(11)3-13-15-7/h3-4H,2H2,1H3,(H2,12,18)(H,13,15)(H,14,19). The number of nitrogens with one attached hydrogen (secondary N) is 2. The van der Waals surface area contributed by atoms with Crippen LogP contribution in [0.4, 0.5) is 5.69 Å². The zero-order valence-electron chi connectivity index (χ0n) is 9.98. The summed E-state index contributed by atoms with van der Waals surface area (Å²) in [6.07, 6.45) is 3.08. The highest BCUT2D eigenvalue weighted by Crippen LogP contribution is 2.16. The van der Waals surface area contributed by atoms with Crippen LogP contribution in [0, 0.1) is 3.57 Å². The number of nitrogens with two attached hydrogens (primary N) is 1. The maximum Gasteiger partial charge on any atom is 0.274 e. The number of aryl methyl sites for hydroxylation is 1. The molecule has 8 nitrogen and oxygen atoms in total. The summed E-state index contributed by atoms with van der Waals surface area (Å²) in [7, 11) is 0. The van der Waals surface area contributed by atoms with Crippen molar-refractivity contribution < 1.29 is 9.59 Å². The number of amides is 2. The lowest BCUT2D eigenvalue weighted by atomic mass is 10.3. The van der Waals surface area contributed by atoms with Crippen LogP contribution in [0.15, 0.2) is 12.4 Å². The molecule has 0 aliphatic heterocycles. The van der Waals surface area contributed by atoms with E-state index in [2.05, 4.69) is 20.6 Å². The van der Waals surface area contributed by atoms with E-state index in [1.165, 1.54) is 10.9 Å². The molecule has 0 aliphatic rings. The fourth-order valence-electron chi connectivity index (χ4n) is 1.47. The Morgan fingerprint density at radius 3 is 2.84 bits per heavy atom. The van der Waals surface area contributed by atoms with Crippen molar-refractivity contribution in [2.45, 2.75) is 13.5 Å². The molecule has 0 aromatic carbocycles. The highest BCUT2D eigenvalue weighted by atomic mass is 127. The molecule has 0 aliphatic carbocycles. The van der Waals surface area contributed by atoms with E-state index < -0.39 is 11.8 Å². The second-order valence-corrected chi connectivity index (χ2v) is 4.82. The Morgan fingerprint density at radius 2 is 2.32 bits per heavy atom. The summed E-state index contributed by atoms with van der Waals surface area (Å²) in [5.74, 6) is -1.10. The number of rotatable bonds is 4. The summed E-state index contributed by atoms with van der Waals surface area (Å²) in [5.41, 5.74) is 5.85. The molecule has 0 unspecified atom stereocenters. The minimum Gasteiger partial charge on any atom is -0.364 e. The van der Waals surface area contributed by atoms with Crippen LogP contribution in [0.3, 0.4) is 0 Å². The molecule has 0 radical (unpaired) electrons. The van der Waals surface area contributed by atoms with Gasteiger partial charge in [-0.25, -0.2) is 0 Å². The maximum absolute atomic E-state index is 12.0. The maximum atomic E-state index is 12.0. The highest BCUT2D eigenvalue weighted by molar-refractivity contribution is 14.1. The molecule has 9 heteroatoms. The van der Waals surface area contributed by atoms with Gasteiger partial charge in [0, 0.05) is 12.7 Å². The first kappa shape index (κ1) is 13.5. The molecule has 0 atom stereocenters. The number of carbonyl (C=O) groups is 2. The number of primary amides is 1. The summed E-state index contributed by atoms with van der Waals surface area (Å²) < 4.78 is 2.20. The van der Waals surface area contributed by atoms with Crippen molar-refractivity contribution in [3.8, 4) is 0 Å².